The molecule has 130 valence electrons. The molecule has 1 fully saturated rings. The van der Waals surface area contributed by atoms with Crippen LogP contribution >= 0.6 is 0 Å². The molecule has 5 nitrogen and oxygen atoms in total. The van der Waals surface area contributed by atoms with Crippen molar-refractivity contribution in [3.8, 4) is 0 Å². The van der Waals surface area contributed by atoms with Gasteiger partial charge in [0.05, 0.1) is 12.7 Å². The van der Waals surface area contributed by atoms with E-state index in [-0.39, 0.29) is 0 Å². The minimum absolute atomic E-state index is 0.476. The maximum absolute atomic E-state index is 6.00. The van der Waals surface area contributed by atoms with Crippen LogP contribution in [0.2, 0.25) is 0 Å². The number of nitrogens with zero attached hydrogens (tertiary/aromatic N) is 2. The van der Waals surface area contributed by atoms with Crippen molar-refractivity contribution in [1.82, 2.24) is 15.5 Å². The minimum atomic E-state index is 0.476. The molecular formula is C17H36N4O. The summed E-state index contributed by atoms with van der Waals surface area (Å²) in [6.45, 7) is 6.52. The Morgan fingerprint density at radius 1 is 1.14 bits per heavy atom. The first kappa shape index (κ1) is 19.2. The lowest BCUT2D eigenvalue weighted by Crippen LogP contribution is -2.39. The van der Waals surface area contributed by atoms with Crippen LogP contribution in [0, 0.1) is 0 Å². The first-order valence-electron chi connectivity index (χ1n) is 9.01. The maximum Gasteiger partial charge on any atom is 0.191 e. The number of rotatable bonds is 9. The van der Waals surface area contributed by atoms with E-state index in [9.17, 15) is 0 Å². The van der Waals surface area contributed by atoms with Crippen LogP contribution in [0.4, 0.5) is 0 Å². The molecule has 0 aromatic rings. The van der Waals surface area contributed by atoms with E-state index in [2.05, 4.69) is 41.5 Å². The molecular weight excluding hydrogens is 276 g/mol. The SMILES string of the molecule is CCNC(=NCCCN(C)C)NCCOC1CCCCCC1. The molecule has 0 spiro atoms. The summed E-state index contributed by atoms with van der Waals surface area (Å²) in [6.07, 6.45) is 9.44. The number of hydrogen-bond donors (Lipinski definition) is 2. The van der Waals surface area contributed by atoms with Gasteiger partial charge in [0.2, 0.25) is 0 Å². The van der Waals surface area contributed by atoms with Crippen LogP contribution in [-0.2, 0) is 4.74 Å². The Bertz CT molecular complexity index is 286. The van der Waals surface area contributed by atoms with Gasteiger partial charge in [0.25, 0.3) is 0 Å². The zero-order valence-corrected chi connectivity index (χ0v) is 14.9. The lowest BCUT2D eigenvalue weighted by atomic mass is 10.1. The molecule has 0 aromatic carbocycles. The molecule has 0 radical (unpaired) electrons. The molecule has 2 N–H and O–H groups in total. The molecule has 1 saturated carbocycles. The van der Waals surface area contributed by atoms with Crippen LogP contribution in [0.3, 0.4) is 0 Å². The second-order valence-electron chi connectivity index (χ2n) is 6.33. The Kier molecular flexibility index (Phi) is 11.1. The fraction of sp³-hybridized carbons (Fsp3) is 0.941. The third-order valence-corrected chi connectivity index (χ3v) is 3.93. The van der Waals surface area contributed by atoms with Gasteiger partial charge >= 0.3 is 0 Å². The Labute approximate surface area is 136 Å². The van der Waals surface area contributed by atoms with Crippen LogP contribution < -0.4 is 10.6 Å². The van der Waals surface area contributed by atoms with Gasteiger partial charge in [-0.3, -0.25) is 4.99 Å². The molecule has 1 aliphatic rings. The molecule has 22 heavy (non-hydrogen) atoms. The standard InChI is InChI=1S/C17H36N4O/c1-4-18-17(19-12-9-14-21(2)3)20-13-15-22-16-10-7-5-6-8-11-16/h16H,4-15H2,1-3H3,(H2,18,19,20). The summed E-state index contributed by atoms with van der Waals surface area (Å²) in [7, 11) is 4.19. The smallest absolute Gasteiger partial charge is 0.191 e. The quantitative estimate of drug-likeness (QED) is 0.297. The van der Waals surface area contributed by atoms with Crippen LogP contribution in [0.15, 0.2) is 4.99 Å². The van der Waals surface area contributed by atoms with E-state index in [4.69, 9.17) is 4.74 Å². The fourth-order valence-corrected chi connectivity index (χ4v) is 2.72. The van der Waals surface area contributed by atoms with E-state index in [0.717, 1.165) is 45.2 Å². The minimum Gasteiger partial charge on any atom is -0.376 e. The summed E-state index contributed by atoms with van der Waals surface area (Å²) < 4.78 is 6.00. The van der Waals surface area contributed by atoms with E-state index in [0.29, 0.717) is 6.10 Å². The zero-order valence-electron chi connectivity index (χ0n) is 14.9. The van der Waals surface area contributed by atoms with Gasteiger partial charge in [0.1, 0.15) is 0 Å². The van der Waals surface area contributed by atoms with Gasteiger partial charge in [-0.1, -0.05) is 25.7 Å². The summed E-state index contributed by atoms with van der Waals surface area (Å²) in [4.78, 5) is 6.79. The number of hydrogen-bond acceptors (Lipinski definition) is 3. The highest BCUT2D eigenvalue weighted by Gasteiger charge is 2.11. The average molecular weight is 313 g/mol. The highest BCUT2D eigenvalue weighted by Crippen LogP contribution is 2.19. The Balaban J connectivity index is 2.15. The summed E-state index contributed by atoms with van der Waals surface area (Å²) in [6, 6.07) is 0. The van der Waals surface area contributed by atoms with Gasteiger partial charge in [-0.2, -0.15) is 0 Å². The normalized spacial score (nSPS) is 17.5. The van der Waals surface area contributed by atoms with Crippen molar-refractivity contribution in [3.63, 3.8) is 0 Å². The second kappa shape index (κ2) is 12.7. The van der Waals surface area contributed by atoms with Crippen molar-refractivity contribution in [1.29, 1.82) is 0 Å². The monoisotopic (exact) mass is 312 g/mol. The van der Waals surface area contributed by atoms with Crippen LogP contribution in [-0.4, -0.2) is 63.8 Å². The van der Waals surface area contributed by atoms with Gasteiger partial charge in [-0.15, -0.1) is 0 Å². The van der Waals surface area contributed by atoms with Crippen molar-refractivity contribution in [2.45, 2.75) is 58.0 Å². The lowest BCUT2D eigenvalue weighted by Gasteiger charge is -2.16. The number of guanidine groups is 1. The fourth-order valence-electron chi connectivity index (χ4n) is 2.72. The van der Waals surface area contributed by atoms with Gasteiger partial charge in [0, 0.05) is 19.6 Å². The molecule has 0 amide bonds. The molecule has 0 bridgehead atoms. The predicted octanol–water partition coefficient (Wildman–Crippen LogP) is 2.23. The molecule has 0 saturated heterocycles. The van der Waals surface area contributed by atoms with Gasteiger partial charge in [-0.05, 0) is 46.8 Å². The van der Waals surface area contributed by atoms with E-state index >= 15 is 0 Å². The Hall–Kier alpha value is -0.810. The second-order valence-corrected chi connectivity index (χ2v) is 6.33. The van der Waals surface area contributed by atoms with Gasteiger partial charge < -0.3 is 20.3 Å². The zero-order chi connectivity index (χ0) is 16.0. The Morgan fingerprint density at radius 3 is 2.50 bits per heavy atom. The largest absolute Gasteiger partial charge is 0.376 e. The summed E-state index contributed by atoms with van der Waals surface area (Å²) in [5, 5.41) is 6.65. The van der Waals surface area contributed by atoms with Gasteiger partial charge in [-0.25, -0.2) is 0 Å². The van der Waals surface area contributed by atoms with Crippen LogP contribution in [0.25, 0.3) is 0 Å². The van der Waals surface area contributed by atoms with E-state index in [1.54, 1.807) is 0 Å². The summed E-state index contributed by atoms with van der Waals surface area (Å²) in [5.74, 6) is 0.908. The molecule has 1 aliphatic carbocycles. The predicted molar refractivity (Wildman–Crippen MR) is 94.6 cm³/mol. The highest BCUT2D eigenvalue weighted by atomic mass is 16.5. The molecule has 5 heteroatoms. The molecule has 0 aromatic heterocycles. The van der Waals surface area contributed by atoms with Crippen molar-refractivity contribution in [2.75, 3.05) is 46.9 Å². The van der Waals surface area contributed by atoms with E-state index in [1.165, 1.54) is 38.5 Å². The third-order valence-electron chi connectivity index (χ3n) is 3.93. The van der Waals surface area contributed by atoms with Gasteiger partial charge in [0.15, 0.2) is 5.96 Å². The topological polar surface area (TPSA) is 48.9 Å². The summed E-state index contributed by atoms with van der Waals surface area (Å²) >= 11 is 0. The van der Waals surface area contributed by atoms with Crippen LogP contribution in [0.5, 0.6) is 0 Å². The number of aliphatic imine (C=N–C) groups is 1. The maximum atomic E-state index is 6.00. The highest BCUT2D eigenvalue weighted by molar-refractivity contribution is 5.79. The Morgan fingerprint density at radius 2 is 1.86 bits per heavy atom. The van der Waals surface area contributed by atoms with E-state index < -0.39 is 0 Å². The summed E-state index contributed by atoms with van der Waals surface area (Å²) in [5.41, 5.74) is 0. The first-order chi connectivity index (χ1) is 10.7. The number of nitrogens with one attached hydrogen (secondary N) is 2. The van der Waals surface area contributed by atoms with Crippen molar-refractivity contribution in [3.05, 3.63) is 0 Å². The molecule has 0 atom stereocenters. The molecule has 0 heterocycles. The lowest BCUT2D eigenvalue weighted by molar-refractivity contribution is 0.0468. The molecule has 0 aliphatic heterocycles. The van der Waals surface area contributed by atoms with Crippen molar-refractivity contribution >= 4 is 5.96 Å². The molecule has 0 unspecified atom stereocenters. The van der Waals surface area contributed by atoms with Crippen molar-refractivity contribution < 1.29 is 4.74 Å². The molecule has 1 rings (SSSR count). The average Bonchev–Trinajstić information content (AvgIpc) is 2.76. The number of ether oxygens (including phenoxy) is 1. The van der Waals surface area contributed by atoms with Crippen molar-refractivity contribution in [2.24, 2.45) is 4.99 Å². The van der Waals surface area contributed by atoms with E-state index in [1.807, 2.05) is 0 Å². The first-order valence-corrected chi connectivity index (χ1v) is 9.01. The third kappa shape index (κ3) is 10.0. The van der Waals surface area contributed by atoms with Crippen LogP contribution in [0.1, 0.15) is 51.9 Å².